The Hall–Kier alpha value is -0.570. The summed E-state index contributed by atoms with van der Waals surface area (Å²) < 4.78 is 4.88. The summed E-state index contributed by atoms with van der Waals surface area (Å²) in [5.74, 6) is -0.0955. The molecule has 0 aromatic carbocycles. The lowest BCUT2D eigenvalue weighted by Crippen LogP contribution is -2.51. The van der Waals surface area contributed by atoms with Gasteiger partial charge in [-0.25, -0.2) is 0 Å². The minimum atomic E-state index is -0.408. The zero-order valence-corrected chi connectivity index (χ0v) is 9.27. The van der Waals surface area contributed by atoms with Crippen LogP contribution in [0.15, 0.2) is 0 Å². The van der Waals surface area contributed by atoms with E-state index in [1.54, 1.807) is 0 Å². The first-order valence-electron chi connectivity index (χ1n) is 5.52. The molecule has 14 heavy (non-hydrogen) atoms. The molecular weight excluding hydrogens is 178 g/mol. The molecule has 0 aromatic rings. The molecule has 0 radical (unpaired) electrons. The van der Waals surface area contributed by atoms with Gasteiger partial charge in [0.05, 0.1) is 7.11 Å². The molecule has 1 saturated carbocycles. The highest BCUT2D eigenvalue weighted by atomic mass is 16.5. The molecule has 1 aliphatic carbocycles. The summed E-state index contributed by atoms with van der Waals surface area (Å²) in [7, 11) is 3.33. The van der Waals surface area contributed by atoms with Crippen LogP contribution < -0.4 is 5.32 Å². The summed E-state index contributed by atoms with van der Waals surface area (Å²) in [6.07, 6.45) is 7.85. The van der Waals surface area contributed by atoms with Crippen molar-refractivity contribution in [2.45, 2.75) is 50.5 Å². The predicted molar refractivity (Wildman–Crippen MR) is 56.1 cm³/mol. The Morgan fingerprint density at radius 3 is 2.07 bits per heavy atom. The van der Waals surface area contributed by atoms with Gasteiger partial charge in [0.1, 0.15) is 5.54 Å². The van der Waals surface area contributed by atoms with E-state index >= 15 is 0 Å². The van der Waals surface area contributed by atoms with Crippen molar-refractivity contribution < 1.29 is 9.53 Å². The zero-order chi connectivity index (χ0) is 10.4. The van der Waals surface area contributed by atoms with E-state index < -0.39 is 5.54 Å². The third-order valence-corrected chi connectivity index (χ3v) is 3.26. The van der Waals surface area contributed by atoms with Gasteiger partial charge in [-0.2, -0.15) is 0 Å². The third-order valence-electron chi connectivity index (χ3n) is 3.26. The first-order valence-corrected chi connectivity index (χ1v) is 5.52. The molecule has 1 N–H and O–H groups in total. The molecule has 3 heteroatoms. The van der Waals surface area contributed by atoms with Gasteiger partial charge in [-0.3, -0.25) is 4.79 Å². The lowest BCUT2D eigenvalue weighted by Gasteiger charge is -2.32. The van der Waals surface area contributed by atoms with Crippen LogP contribution in [0.4, 0.5) is 0 Å². The van der Waals surface area contributed by atoms with E-state index in [1.165, 1.54) is 26.4 Å². The van der Waals surface area contributed by atoms with E-state index in [2.05, 4.69) is 5.32 Å². The highest BCUT2D eigenvalue weighted by Crippen LogP contribution is 2.27. The van der Waals surface area contributed by atoms with E-state index in [-0.39, 0.29) is 5.97 Å². The van der Waals surface area contributed by atoms with Crippen LogP contribution in [0.25, 0.3) is 0 Å². The quantitative estimate of drug-likeness (QED) is 0.690. The highest BCUT2D eigenvalue weighted by molar-refractivity contribution is 5.80. The Morgan fingerprint density at radius 1 is 1.14 bits per heavy atom. The maximum atomic E-state index is 11.7. The number of likely N-dealkylation sites (N-methyl/N-ethyl adjacent to an activating group) is 1. The fourth-order valence-electron chi connectivity index (χ4n) is 2.26. The number of nitrogens with one attached hydrogen (secondary N) is 1. The van der Waals surface area contributed by atoms with Crippen molar-refractivity contribution in [3.05, 3.63) is 0 Å². The molecule has 0 heterocycles. The Morgan fingerprint density at radius 2 is 1.64 bits per heavy atom. The number of carbonyl (C=O) groups excluding carboxylic acids is 1. The smallest absolute Gasteiger partial charge is 0.326 e. The van der Waals surface area contributed by atoms with Gasteiger partial charge >= 0.3 is 5.97 Å². The van der Waals surface area contributed by atoms with Crippen LogP contribution in [0.1, 0.15) is 44.9 Å². The van der Waals surface area contributed by atoms with Crippen molar-refractivity contribution in [1.29, 1.82) is 0 Å². The summed E-state index contributed by atoms with van der Waals surface area (Å²) in [6, 6.07) is 0. The summed E-state index contributed by atoms with van der Waals surface area (Å²) in [5, 5.41) is 3.16. The van der Waals surface area contributed by atoms with Gasteiger partial charge in [-0.15, -0.1) is 0 Å². The molecule has 0 saturated heterocycles. The Balaban J connectivity index is 2.67. The number of methoxy groups -OCH3 is 1. The van der Waals surface area contributed by atoms with E-state index in [4.69, 9.17) is 4.74 Å². The largest absolute Gasteiger partial charge is 0.468 e. The minimum Gasteiger partial charge on any atom is -0.468 e. The van der Waals surface area contributed by atoms with Gasteiger partial charge in [0.25, 0.3) is 0 Å². The van der Waals surface area contributed by atoms with Gasteiger partial charge in [-0.1, -0.05) is 32.1 Å². The molecule has 82 valence electrons. The van der Waals surface area contributed by atoms with Crippen molar-refractivity contribution in [3.8, 4) is 0 Å². The van der Waals surface area contributed by atoms with Gasteiger partial charge in [0.15, 0.2) is 0 Å². The standard InChI is InChI=1S/C11H21NO2/c1-12-11(10(13)14-2)8-6-4-3-5-7-9-11/h12H,3-9H2,1-2H3. The molecule has 0 amide bonds. The van der Waals surface area contributed by atoms with Gasteiger partial charge in [-0.05, 0) is 19.9 Å². The maximum absolute atomic E-state index is 11.7. The average Bonchev–Trinajstić information content (AvgIpc) is 2.18. The zero-order valence-electron chi connectivity index (χ0n) is 9.27. The van der Waals surface area contributed by atoms with Crippen LogP contribution in [0.5, 0.6) is 0 Å². The van der Waals surface area contributed by atoms with Crippen LogP contribution in [-0.4, -0.2) is 25.7 Å². The molecule has 0 aliphatic heterocycles. The molecule has 0 atom stereocenters. The van der Waals surface area contributed by atoms with Crippen molar-refractivity contribution in [3.63, 3.8) is 0 Å². The van der Waals surface area contributed by atoms with Crippen LogP contribution in [0, 0.1) is 0 Å². The number of carbonyl (C=O) groups is 1. The topological polar surface area (TPSA) is 38.3 Å². The van der Waals surface area contributed by atoms with Crippen LogP contribution in [-0.2, 0) is 9.53 Å². The molecule has 1 fully saturated rings. The second-order valence-corrected chi connectivity index (χ2v) is 4.09. The minimum absolute atomic E-state index is 0.0955. The molecule has 0 unspecified atom stereocenters. The Labute approximate surface area is 86.2 Å². The van der Waals surface area contributed by atoms with Crippen molar-refractivity contribution in [2.75, 3.05) is 14.2 Å². The average molecular weight is 199 g/mol. The van der Waals surface area contributed by atoms with E-state index in [0.29, 0.717) is 0 Å². The van der Waals surface area contributed by atoms with Crippen LogP contribution in [0.3, 0.4) is 0 Å². The van der Waals surface area contributed by atoms with E-state index in [9.17, 15) is 4.79 Å². The number of hydrogen-bond acceptors (Lipinski definition) is 3. The Bertz CT molecular complexity index is 184. The highest BCUT2D eigenvalue weighted by Gasteiger charge is 2.37. The molecule has 1 rings (SSSR count). The van der Waals surface area contributed by atoms with E-state index in [0.717, 1.165) is 25.7 Å². The first kappa shape index (κ1) is 11.5. The number of hydrogen-bond donors (Lipinski definition) is 1. The van der Waals surface area contributed by atoms with Crippen LogP contribution >= 0.6 is 0 Å². The van der Waals surface area contributed by atoms with Gasteiger partial charge in [0, 0.05) is 0 Å². The Kier molecular flexibility index (Phi) is 4.39. The third kappa shape index (κ3) is 2.47. The summed E-state index contributed by atoms with van der Waals surface area (Å²) in [4.78, 5) is 11.7. The molecule has 3 nitrogen and oxygen atoms in total. The first-order chi connectivity index (χ1) is 6.75. The fourth-order valence-corrected chi connectivity index (χ4v) is 2.26. The number of rotatable bonds is 2. The second kappa shape index (κ2) is 5.35. The van der Waals surface area contributed by atoms with Crippen LogP contribution in [0.2, 0.25) is 0 Å². The van der Waals surface area contributed by atoms with Gasteiger partial charge in [0.2, 0.25) is 0 Å². The number of ether oxygens (including phenoxy) is 1. The molecule has 1 aliphatic rings. The molecule has 0 bridgehead atoms. The van der Waals surface area contributed by atoms with Crippen molar-refractivity contribution >= 4 is 5.97 Å². The molecule has 0 aromatic heterocycles. The summed E-state index contributed by atoms with van der Waals surface area (Å²) >= 11 is 0. The SMILES string of the molecule is CNC1(C(=O)OC)CCCCCCC1. The van der Waals surface area contributed by atoms with Crippen molar-refractivity contribution in [1.82, 2.24) is 5.32 Å². The number of esters is 1. The van der Waals surface area contributed by atoms with E-state index in [1.807, 2.05) is 7.05 Å². The molecule has 0 spiro atoms. The molecular formula is C11H21NO2. The summed E-state index contributed by atoms with van der Waals surface area (Å²) in [6.45, 7) is 0. The lowest BCUT2D eigenvalue weighted by atomic mass is 9.84. The fraction of sp³-hybridized carbons (Fsp3) is 0.909. The maximum Gasteiger partial charge on any atom is 0.326 e. The van der Waals surface area contributed by atoms with Gasteiger partial charge < -0.3 is 10.1 Å². The van der Waals surface area contributed by atoms with Crippen molar-refractivity contribution in [2.24, 2.45) is 0 Å². The monoisotopic (exact) mass is 199 g/mol. The normalized spacial score (nSPS) is 22.1. The lowest BCUT2D eigenvalue weighted by molar-refractivity contribution is -0.149. The summed E-state index contributed by atoms with van der Waals surface area (Å²) in [5.41, 5.74) is -0.408. The predicted octanol–water partition coefficient (Wildman–Crippen LogP) is 1.86. The second-order valence-electron chi connectivity index (χ2n) is 4.09.